The Hall–Kier alpha value is -0.670. The first-order valence-corrected chi connectivity index (χ1v) is 4.77. The van der Waals surface area contributed by atoms with Gasteiger partial charge in [-0.15, -0.1) is 0 Å². The van der Waals surface area contributed by atoms with E-state index >= 15 is 0 Å². The van der Waals surface area contributed by atoms with Gasteiger partial charge >= 0.3 is 0 Å². The molecule has 0 bridgehead atoms. The Morgan fingerprint density at radius 2 is 1.82 bits per heavy atom. The minimum Gasteiger partial charge on any atom is -0.612 e. The van der Waals surface area contributed by atoms with Crippen molar-refractivity contribution in [2.45, 2.75) is 4.90 Å². The third-order valence-electron chi connectivity index (χ3n) is 1.39. The quantitative estimate of drug-likeness (QED) is 0.629. The number of hydrogen-bond donors (Lipinski definition) is 0. The number of benzene rings is 1. The maximum atomic E-state index is 10.9. The van der Waals surface area contributed by atoms with Gasteiger partial charge in [-0.1, -0.05) is 0 Å². The minimum absolute atomic E-state index is 0.791. The molecule has 0 heterocycles. The molecule has 0 aromatic heterocycles. The van der Waals surface area contributed by atoms with Gasteiger partial charge in [0.1, 0.15) is 12.0 Å². The fraction of sp³-hybridized carbons (Fsp3) is 0.250. The highest BCUT2D eigenvalue weighted by Gasteiger charge is 2.01. The van der Waals surface area contributed by atoms with E-state index in [-0.39, 0.29) is 0 Å². The zero-order valence-corrected chi connectivity index (χ0v) is 7.35. The smallest absolute Gasteiger partial charge is 0.152 e. The van der Waals surface area contributed by atoms with Crippen molar-refractivity contribution in [1.82, 2.24) is 0 Å². The molecule has 1 aromatic rings. The first-order valence-electron chi connectivity index (χ1n) is 3.21. The second kappa shape index (κ2) is 3.64. The fourth-order valence-corrected chi connectivity index (χ4v) is 1.29. The molecule has 0 aliphatic rings. The van der Waals surface area contributed by atoms with Crippen molar-refractivity contribution in [2.75, 3.05) is 13.4 Å². The largest absolute Gasteiger partial charge is 0.612 e. The lowest BCUT2D eigenvalue weighted by molar-refractivity contribution is 0.414. The van der Waals surface area contributed by atoms with E-state index in [1.54, 1.807) is 37.6 Å². The number of ether oxygens (including phenoxy) is 1. The van der Waals surface area contributed by atoms with Crippen molar-refractivity contribution in [3.63, 3.8) is 0 Å². The minimum atomic E-state index is -0.895. The Bertz CT molecular complexity index is 218. The summed E-state index contributed by atoms with van der Waals surface area (Å²) in [6.45, 7) is 0. The number of rotatable bonds is 2. The highest BCUT2D eigenvalue weighted by Crippen LogP contribution is 2.14. The second-order valence-electron chi connectivity index (χ2n) is 2.13. The molecule has 0 fully saturated rings. The molecule has 0 N–H and O–H groups in total. The van der Waals surface area contributed by atoms with E-state index in [4.69, 9.17) is 4.74 Å². The topological polar surface area (TPSA) is 32.3 Å². The molecule has 0 saturated carbocycles. The molecule has 11 heavy (non-hydrogen) atoms. The SMILES string of the molecule is COc1ccc([S@@+](C)[O-])cc1. The van der Waals surface area contributed by atoms with Gasteiger partial charge in [-0.25, -0.2) is 0 Å². The number of hydrogen-bond acceptors (Lipinski definition) is 2. The molecule has 1 atom stereocenters. The van der Waals surface area contributed by atoms with Crippen molar-refractivity contribution >= 4 is 11.2 Å². The van der Waals surface area contributed by atoms with Crippen LogP contribution >= 0.6 is 0 Å². The molecule has 3 heteroatoms. The Kier molecular flexibility index (Phi) is 2.79. The Labute approximate surface area is 69.4 Å². The molecule has 2 nitrogen and oxygen atoms in total. The van der Waals surface area contributed by atoms with E-state index in [0.717, 1.165) is 10.6 Å². The third kappa shape index (κ3) is 2.13. The summed E-state index contributed by atoms with van der Waals surface area (Å²) in [6.07, 6.45) is 1.65. The highest BCUT2D eigenvalue weighted by atomic mass is 32.2. The molecule has 0 saturated heterocycles. The first-order chi connectivity index (χ1) is 5.24. The average molecular weight is 170 g/mol. The monoisotopic (exact) mass is 170 g/mol. The molecule has 0 amide bonds. The lowest BCUT2D eigenvalue weighted by atomic mass is 10.3. The second-order valence-corrected chi connectivity index (χ2v) is 3.51. The third-order valence-corrected chi connectivity index (χ3v) is 2.33. The summed E-state index contributed by atoms with van der Waals surface area (Å²) in [5, 5.41) is 0. The first kappa shape index (κ1) is 8.43. The van der Waals surface area contributed by atoms with E-state index in [9.17, 15) is 4.55 Å². The maximum Gasteiger partial charge on any atom is 0.152 e. The van der Waals surface area contributed by atoms with Crippen LogP contribution in [0, 0.1) is 0 Å². The van der Waals surface area contributed by atoms with Gasteiger partial charge in [0.25, 0.3) is 0 Å². The zero-order valence-electron chi connectivity index (χ0n) is 6.53. The maximum absolute atomic E-state index is 10.9. The van der Waals surface area contributed by atoms with Crippen LogP contribution in [0.5, 0.6) is 5.75 Å². The average Bonchev–Trinajstić information content (AvgIpc) is 2.05. The van der Waals surface area contributed by atoms with Crippen LogP contribution < -0.4 is 4.74 Å². The molecular formula is C8H10O2S. The van der Waals surface area contributed by atoms with E-state index in [0.29, 0.717) is 0 Å². The van der Waals surface area contributed by atoms with E-state index < -0.39 is 11.2 Å². The van der Waals surface area contributed by atoms with Crippen LogP contribution in [0.3, 0.4) is 0 Å². The van der Waals surface area contributed by atoms with Gasteiger partial charge in [-0.2, -0.15) is 0 Å². The summed E-state index contributed by atoms with van der Waals surface area (Å²) < 4.78 is 15.9. The molecular weight excluding hydrogens is 160 g/mol. The fourth-order valence-electron chi connectivity index (χ4n) is 0.767. The molecule has 0 spiro atoms. The molecule has 0 aliphatic heterocycles. The van der Waals surface area contributed by atoms with Gasteiger partial charge in [0, 0.05) is 0 Å². The van der Waals surface area contributed by atoms with Gasteiger partial charge in [0.2, 0.25) is 0 Å². The Balaban J connectivity index is 2.83. The molecule has 0 radical (unpaired) electrons. The predicted octanol–water partition coefficient (Wildman–Crippen LogP) is 1.43. The van der Waals surface area contributed by atoms with Crippen LogP contribution in [0.1, 0.15) is 0 Å². The van der Waals surface area contributed by atoms with Gasteiger partial charge in [-0.05, 0) is 35.4 Å². The van der Waals surface area contributed by atoms with Gasteiger partial charge in [0.05, 0.1) is 7.11 Å². The van der Waals surface area contributed by atoms with Crippen molar-refractivity contribution in [1.29, 1.82) is 0 Å². The van der Waals surface area contributed by atoms with Crippen molar-refractivity contribution in [3.8, 4) is 5.75 Å². The van der Waals surface area contributed by atoms with Crippen molar-refractivity contribution < 1.29 is 9.29 Å². The Morgan fingerprint density at radius 1 is 1.27 bits per heavy atom. The summed E-state index contributed by atoms with van der Waals surface area (Å²) in [5.74, 6) is 0.791. The predicted molar refractivity (Wildman–Crippen MR) is 45.3 cm³/mol. The lowest BCUT2D eigenvalue weighted by Gasteiger charge is -2.04. The van der Waals surface area contributed by atoms with Crippen LogP contribution in [-0.4, -0.2) is 17.9 Å². The van der Waals surface area contributed by atoms with E-state index in [1.165, 1.54) is 0 Å². The summed E-state index contributed by atoms with van der Waals surface area (Å²) in [6, 6.07) is 7.21. The van der Waals surface area contributed by atoms with Crippen LogP contribution in [0.15, 0.2) is 29.2 Å². The molecule has 1 aromatic carbocycles. The van der Waals surface area contributed by atoms with E-state index in [2.05, 4.69) is 0 Å². The summed E-state index contributed by atoms with van der Waals surface area (Å²) in [4.78, 5) is 0.825. The van der Waals surface area contributed by atoms with Crippen LogP contribution in [0.2, 0.25) is 0 Å². The summed E-state index contributed by atoms with van der Waals surface area (Å²) in [5.41, 5.74) is 0. The lowest BCUT2D eigenvalue weighted by Crippen LogP contribution is -1.96. The zero-order chi connectivity index (χ0) is 8.27. The van der Waals surface area contributed by atoms with Crippen LogP contribution in [0.4, 0.5) is 0 Å². The normalized spacial score (nSPS) is 12.6. The van der Waals surface area contributed by atoms with Gasteiger partial charge in [-0.3, -0.25) is 0 Å². The molecule has 0 unspecified atom stereocenters. The number of methoxy groups -OCH3 is 1. The van der Waals surface area contributed by atoms with Crippen LogP contribution in [0.25, 0.3) is 0 Å². The van der Waals surface area contributed by atoms with Gasteiger partial charge < -0.3 is 9.29 Å². The van der Waals surface area contributed by atoms with Crippen molar-refractivity contribution in [3.05, 3.63) is 24.3 Å². The summed E-state index contributed by atoms with van der Waals surface area (Å²) >= 11 is -0.895. The van der Waals surface area contributed by atoms with E-state index in [1.807, 2.05) is 0 Å². The highest BCUT2D eigenvalue weighted by molar-refractivity contribution is 7.90. The Morgan fingerprint density at radius 3 is 2.18 bits per heavy atom. The van der Waals surface area contributed by atoms with Gasteiger partial charge in [0.15, 0.2) is 4.90 Å². The molecule has 0 aliphatic carbocycles. The standard InChI is InChI=1S/C8H10O2S/c1-10-7-3-5-8(6-4-7)11(2)9/h3-6H,1-2H3/t11-/m1/s1. The summed E-state index contributed by atoms with van der Waals surface area (Å²) in [7, 11) is 1.61. The van der Waals surface area contributed by atoms with Crippen LogP contribution in [-0.2, 0) is 11.2 Å². The molecule has 60 valence electrons. The van der Waals surface area contributed by atoms with Crippen molar-refractivity contribution in [2.24, 2.45) is 0 Å². The molecule has 1 rings (SSSR count).